The average molecular weight is 156 g/mol. The standard InChI is InChI=1S/C6H8N2OS/c1-4-3-10-6(8-4)5(9)2-7/h3H,2,7H2,1H3. The summed E-state index contributed by atoms with van der Waals surface area (Å²) in [6.45, 7) is 1.90. The van der Waals surface area contributed by atoms with Gasteiger partial charge in [-0.2, -0.15) is 0 Å². The third-order valence-corrected chi connectivity index (χ3v) is 2.04. The molecule has 54 valence electrons. The van der Waals surface area contributed by atoms with Crippen molar-refractivity contribution in [3.8, 4) is 0 Å². The molecule has 1 aromatic heterocycles. The Morgan fingerprint density at radius 1 is 1.90 bits per heavy atom. The van der Waals surface area contributed by atoms with Gasteiger partial charge in [0.05, 0.1) is 6.54 Å². The minimum Gasteiger partial charge on any atom is -0.324 e. The van der Waals surface area contributed by atoms with E-state index in [1.807, 2.05) is 12.3 Å². The van der Waals surface area contributed by atoms with E-state index >= 15 is 0 Å². The highest BCUT2D eigenvalue weighted by atomic mass is 32.1. The Labute approximate surface area is 62.9 Å². The van der Waals surface area contributed by atoms with Crippen LogP contribution in [0.1, 0.15) is 15.5 Å². The summed E-state index contributed by atoms with van der Waals surface area (Å²) in [6.07, 6.45) is 0. The van der Waals surface area contributed by atoms with Gasteiger partial charge in [-0.15, -0.1) is 11.3 Å². The van der Waals surface area contributed by atoms with E-state index in [4.69, 9.17) is 5.73 Å². The Balaban J connectivity index is 2.85. The summed E-state index contributed by atoms with van der Waals surface area (Å²) in [4.78, 5) is 14.8. The van der Waals surface area contributed by atoms with Gasteiger partial charge in [-0.05, 0) is 6.92 Å². The van der Waals surface area contributed by atoms with Crippen LogP contribution >= 0.6 is 11.3 Å². The minimum atomic E-state index is -0.0851. The fourth-order valence-electron chi connectivity index (χ4n) is 0.569. The van der Waals surface area contributed by atoms with E-state index in [0.29, 0.717) is 5.01 Å². The number of ketones is 1. The van der Waals surface area contributed by atoms with Crippen LogP contribution in [0.25, 0.3) is 0 Å². The van der Waals surface area contributed by atoms with Crippen molar-refractivity contribution in [1.82, 2.24) is 4.98 Å². The van der Waals surface area contributed by atoms with Gasteiger partial charge < -0.3 is 5.73 Å². The van der Waals surface area contributed by atoms with Gasteiger partial charge in [0, 0.05) is 11.1 Å². The summed E-state index contributed by atoms with van der Waals surface area (Å²) in [5, 5.41) is 2.35. The molecule has 0 aliphatic heterocycles. The minimum absolute atomic E-state index is 0.0486. The summed E-state index contributed by atoms with van der Waals surface area (Å²) in [6, 6.07) is 0. The summed E-state index contributed by atoms with van der Waals surface area (Å²) in [7, 11) is 0. The lowest BCUT2D eigenvalue weighted by molar-refractivity contribution is 0.100. The predicted octanol–water partition coefficient (Wildman–Crippen LogP) is 0.593. The smallest absolute Gasteiger partial charge is 0.204 e. The van der Waals surface area contributed by atoms with E-state index in [0.717, 1.165) is 5.69 Å². The van der Waals surface area contributed by atoms with Crippen molar-refractivity contribution < 1.29 is 4.79 Å². The second kappa shape index (κ2) is 2.90. The maximum absolute atomic E-state index is 10.8. The molecule has 0 saturated heterocycles. The van der Waals surface area contributed by atoms with Crippen LogP contribution in [0.3, 0.4) is 0 Å². The molecule has 0 amide bonds. The largest absolute Gasteiger partial charge is 0.324 e. The van der Waals surface area contributed by atoms with Crippen LogP contribution in [0.5, 0.6) is 0 Å². The number of nitrogens with two attached hydrogens (primary N) is 1. The van der Waals surface area contributed by atoms with Crippen molar-refractivity contribution in [2.45, 2.75) is 6.92 Å². The molecule has 0 aliphatic carbocycles. The maximum Gasteiger partial charge on any atom is 0.204 e. The lowest BCUT2D eigenvalue weighted by Gasteiger charge is -1.86. The summed E-state index contributed by atoms with van der Waals surface area (Å²) < 4.78 is 0. The molecule has 0 fully saturated rings. The Morgan fingerprint density at radius 3 is 3.00 bits per heavy atom. The number of carbonyl (C=O) groups excluding carboxylic acids is 1. The number of carbonyl (C=O) groups is 1. The molecule has 3 nitrogen and oxygen atoms in total. The Bertz CT molecular complexity index is 244. The van der Waals surface area contributed by atoms with Crippen LogP contribution < -0.4 is 5.73 Å². The number of Topliss-reactive ketones (excluding diaryl/α,β-unsaturated/α-hetero) is 1. The topological polar surface area (TPSA) is 56.0 Å². The normalized spacial score (nSPS) is 9.80. The average Bonchev–Trinajstić information content (AvgIpc) is 2.34. The molecule has 10 heavy (non-hydrogen) atoms. The van der Waals surface area contributed by atoms with Crippen molar-refractivity contribution in [3.05, 3.63) is 16.1 Å². The lowest BCUT2D eigenvalue weighted by atomic mass is 10.4. The third-order valence-electron chi connectivity index (χ3n) is 1.04. The zero-order valence-electron chi connectivity index (χ0n) is 5.63. The van der Waals surface area contributed by atoms with Gasteiger partial charge >= 0.3 is 0 Å². The second-order valence-corrected chi connectivity index (χ2v) is 2.78. The van der Waals surface area contributed by atoms with Crippen LogP contribution in [0, 0.1) is 6.92 Å². The molecule has 1 aromatic rings. The number of aromatic nitrogens is 1. The van der Waals surface area contributed by atoms with Crippen molar-refractivity contribution in [2.24, 2.45) is 5.73 Å². The molecule has 1 rings (SSSR count). The second-order valence-electron chi connectivity index (χ2n) is 1.92. The zero-order chi connectivity index (χ0) is 7.56. The van der Waals surface area contributed by atoms with Gasteiger partial charge in [0.15, 0.2) is 5.01 Å². The van der Waals surface area contributed by atoms with Gasteiger partial charge in [-0.1, -0.05) is 0 Å². The summed E-state index contributed by atoms with van der Waals surface area (Å²) in [5.41, 5.74) is 6.01. The first-order valence-corrected chi connectivity index (χ1v) is 3.77. The summed E-state index contributed by atoms with van der Waals surface area (Å²) >= 11 is 1.34. The molecule has 2 N–H and O–H groups in total. The first kappa shape index (κ1) is 7.37. The lowest BCUT2D eigenvalue weighted by Crippen LogP contribution is -2.13. The van der Waals surface area contributed by atoms with E-state index in [1.165, 1.54) is 11.3 Å². The van der Waals surface area contributed by atoms with Crippen molar-refractivity contribution in [2.75, 3.05) is 6.54 Å². The first-order valence-electron chi connectivity index (χ1n) is 2.89. The van der Waals surface area contributed by atoms with Crippen LogP contribution in [-0.2, 0) is 0 Å². The molecule has 0 saturated carbocycles. The number of hydrogen-bond acceptors (Lipinski definition) is 4. The van der Waals surface area contributed by atoms with Crippen LogP contribution in [0.4, 0.5) is 0 Å². The van der Waals surface area contributed by atoms with Crippen LogP contribution in [-0.4, -0.2) is 17.3 Å². The number of nitrogens with zero attached hydrogens (tertiary/aromatic N) is 1. The molecule has 0 spiro atoms. The number of aryl methyl sites for hydroxylation is 1. The SMILES string of the molecule is Cc1csc(C(=O)CN)n1. The van der Waals surface area contributed by atoms with E-state index in [1.54, 1.807) is 0 Å². The summed E-state index contributed by atoms with van der Waals surface area (Å²) in [5.74, 6) is -0.0851. The van der Waals surface area contributed by atoms with Crippen molar-refractivity contribution in [1.29, 1.82) is 0 Å². The van der Waals surface area contributed by atoms with Gasteiger partial charge in [0.2, 0.25) is 5.78 Å². The van der Waals surface area contributed by atoms with E-state index < -0.39 is 0 Å². The van der Waals surface area contributed by atoms with Crippen molar-refractivity contribution >= 4 is 17.1 Å². The third kappa shape index (κ3) is 1.40. The molecule has 0 aliphatic rings. The van der Waals surface area contributed by atoms with Gasteiger partial charge in [0.25, 0.3) is 0 Å². The Kier molecular flexibility index (Phi) is 2.13. The number of rotatable bonds is 2. The Morgan fingerprint density at radius 2 is 2.60 bits per heavy atom. The first-order chi connectivity index (χ1) is 4.74. The quantitative estimate of drug-likeness (QED) is 0.638. The van der Waals surface area contributed by atoms with Crippen LogP contribution in [0.15, 0.2) is 5.38 Å². The Hall–Kier alpha value is -0.740. The zero-order valence-corrected chi connectivity index (χ0v) is 6.44. The monoisotopic (exact) mass is 156 g/mol. The van der Waals surface area contributed by atoms with E-state index in [-0.39, 0.29) is 12.3 Å². The molecular formula is C6H8N2OS. The fraction of sp³-hybridized carbons (Fsp3) is 0.333. The van der Waals surface area contributed by atoms with Gasteiger partial charge in [-0.3, -0.25) is 4.79 Å². The predicted molar refractivity (Wildman–Crippen MR) is 40.2 cm³/mol. The highest BCUT2D eigenvalue weighted by molar-refractivity contribution is 7.11. The molecule has 0 atom stereocenters. The van der Waals surface area contributed by atoms with Crippen LogP contribution in [0.2, 0.25) is 0 Å². The molecule has 4 heteroatoms. The molecule has 1 heterocycles. The van der Waals surface area contributed by atoms with Crippen molar-refractivity contribution in [3.63, 3.8) is 0 Å². The maximum atomic E-state index is 10.8. The number of thiazole rings is 1. The molecule has 0 aromatic carbocycles. The number of hydrogen-bond donors (Lipinski definition) is 1. The van der Waals surface area contributed by atoms with Gasteiger partial charge in [-0.25, -0.2) is 4.98 Å². The molecule has 0 unspecified atom stereocenters. The molecule has 0 bridgehead atoms. The highest BCUT2D eigenvalue weighted by Gasteiger charge is 2.05. The van der Waals surface area contributed by atoms with Gasteiger partial charge in [0.1, 0.15) is 0 Å². The highest BCUT2D eigenvalue weighted by Crippen LogP contribution is 2.08. The van der Waals surface area contributed by atoms with E-state index in [2.05, 4.69) is 4.98 Å². The fourth-order valence-corrected chi connectivity index (χ4v) is 1.32. The molecular weight excluding hydrogens is 148 g/mol. The molecule has 0 radical (unpaired) electrons. The van der Waals surface area contributed by atoms with E-state index in [9.17, 15) is 4.79 Å².